The summed E-state index contributed by atoms with van der Waals surface area (Å²) < 4.78 is 6.85. The van der Waals surface area contributed by atoms with Gasteiger partial charge in [-0.25, -0.2) is 4.98 Å². The fourth-order valence-corrected chi connectivity index (χ4v) is 3.89. The SMILES string of the molecule is O=C(CSc1nc2ccccc2c(=O)n1Cc1ccco1)NNC(=O)Cc1ccccc1. The van der Waals surface area contributed by atoms with E-state index in [1.54, 1.807) is 36.4 Å². The standard InChI is InChI=1S/C23H20N4O4S/c28-20(13-16-7-2-1-3-8-16)25-26-21(29)15-32-23-24-19-11-5-4-10-18(19)22(30)27(23)14-17-9-6-12-31-17/h1-12H,13-15H2,(H,25,28)(H,26,29). The van der Waals surface area contributed by atoms with Gasteiger partial charge in [-0.15, -0.1) is 0 Å². The van der Waals surface area contributed by atoms with Gasteiger partial charge in [0.1, 0.15) is 5.76 Å². The molecule has 32 heavy (non-hydrogen) atoms. The van der Waals surface area contributed by atoms with E-state index in [0.29, 0.717) is 21.8 Å². The van der Waals surface area contributed by atoms with E-state index in [-0.39, 0.29) is 30.2 Å². The first-order valence-electron chi connectivity index (χ1n) is 9.86. The van der Waals surface area contributed by atoms with Crippen molar-refractivity contribution >= 4 is 34.5 Å². The molecule has 8 nitrogen and oxygen atoms in total. The van der Waals surface area contributed by atoms with E-state index in [1.807, 2.05) is 30.3 Å². The van der Waals surface area contributed by atoms with E-state index in [0.717, 1.165) is 17.3 Å². The van der Waals surface area contributed by atoms with Crippen LogP contribution in [0.2, 0.25) is 0 Å². The molecule has 0 atom stereocenters. The van der Waals surface area contributed by atoms with Gasteiger partial charge >= 0.3 is 0 Å². The summed E-state index contributed by atoms with van der Waals surface area (Å²) in [5.41, 5.74) is 5.98. The molecule has 0 spiro atoms. The molecule has 0 saturated carbocycles. The van der Waals surface area contributed by atoms with Crippen LogP contribution in [0.15, 0.2) is 87.4 Å². The number of thioether (sulfide) groups is 1. The molecule has 9 heteroatoms. The summed E-state index contributed by atoms with van der Waals surface area (Å²) in [7, 11) is 0. The maximum Gasteiger partial charge on any atom is 0.262 e. The number of furan rings is 1. The molecule has 0 bridgehead atoms. The predicted molar refractivity (Wildman–Crippen MR) is 121 cm³/mol. The maximum absolute atomic E-state index is 13.0. The normalized spacial score (nSPS) is 10.8. The molecule has 2 aromatic carbocycles. The van der Waals surface area contributed by atoms with Crippen molar-refractivity contribution in [2.24, 2.45) is 0 Å². The van der Waals surface area contributed by atoms with Crippen molar-refractivity contribution in [1.29, 1.82) is 0 Å². The minimum atomic E-state index is -0.414. The summed E-state index contributed by atoms with van der Waals surface area (Å²) in [5.74, 6) is -0.172. The number of para-hydroxylation sites is 1. The molecule has 4 aromatic rings. The smallest absolute Gasteiger partial charge is 0.262 e. The number of carbonyl (C=O) groups is 2. The van der Waals surface area contributed by atoms with Gasteiger partial charge in [-0.2, -0.15) is 0 Å². The lowest BCUT2D eigenvalue weighted by Crippen LogP contribution is -2.43. The zero-order valence-electron chi connectivity index (χ0n) is 17.0. The van der Waals surface area contributed by atoms with Crippen LogP contribution in [0.25, 0.3) is 10.9 Å². The molecular weight excluding hydrogens is 428 g/mol. The molecular formula is C23H20N4O4S. The topological polar surface area (TPSA) is 106 Å². The number of nitrogens with one attached hydrogen (secondary N) is 2. The van der Waals surface area contributed by atoms with Crippen molar-refractivity contribution in [3.05, 3.63) is 94.7 Å². The van der Waals surface area contributed by atoms with Crippen LogP contribution in [0.3, 0.4) is 0 Å². The van der Waals surface area contributed by atoms with E-state index in [4.69, 9.17) is 4.42 Å². The van der Waals surface area contributed by atoms with Crippen molar-refractivity contribution in [3.63, 3.8) is 0 Å². The molecule has 2 N–H and O–H groups in total. The number of nitrogens with zero attached hydrogens (tertiary/aromatic N) is 2. The largest absolute Gasteiger partial charge is 0.467 e. The van der Waals surface area contributed by atoms with Crippen molar-refractivity contribution in [3.8, 4) is 0 Å². The Morgan fingerprint density at radius 2 is 1.69 bits per heavy atom. The fraction of sp³-hybridized carbons (Fsp3) is 0.130. The second-order valence-electron chi connectivity index (χ2n) is 6.93. The van der Waals surface area contributed by atoms with Crippen LogP contribution < -0.4 is 16.4 Å². The average molecular weight is 449 g/mol. The van der Waals surface area contributed by atoms with Crippen LogP contribution in [-0.4, -0.2) is 27.1 Å². The molecule has 2 heterocycles. The summed E-state index contributed by atoms with van der Waals surface area (Å²) in [6, 6.07) is 19.8. The lowest BCUT2D eigenvalue weighted by molar-refractivity contribution is -0.127. The van der Waals surface area contributed by atoms with Gasteiger partial charge in [0.2, 0.25) is 11.8 Å². The first kappa shape index (κ1) is 21.4. The summed E-state index contributed by atoms with van der Waals surface area (Å²) in [4.78, 5) is 41.9. The quantitative estimate of drug-likeness (QED) is 0.256. The number of fused-ring (bicyclic) bond motifs is 1. The van der Waals surface area contributed by atoms with Gasteiger partial charge in [-0.1, -0.05) is 54.2 Å². The number of amides is 2. The monoisotopic (exact) mass is 448 g/mol. The molecule has 2 aromatic heterocycles. The summed E-state index contributed by atoms with van der Waals surface area (Å²) >= 11 is 1.11. The first-order valence-corrected chi connectivity index (χ1v) is 10.8. The Morgan fingerprint density at radius 1 is 0.938 bits per heavy atom. The van der Waals surface area contributed by atoms with Crippen LogP contribution in [0.4, 0.5) is 0 Å². The number of aromatic nitrogens is 2. The van der Waals surface area contributed by atoms with Crippen molar-refractivity contribution in [1.82, 2.24) is 20.4 Å². The van der Waals surface area contributed by atoms with Gasteiger partial charge in [-0.05, 0) is 29.8 Å². The highest BCUT2D eigenvalue weighted by Gasteiger charge is 2.15. The Hall–Kier alpha value is -3.85. The van der Waals surface area contributed by atoms with Crippen LogP contribution in [-0.2, 0) is 22.6 Å². The minimum absolute atomic E-state index is 0.0332. The number of hydrazine groups is 1. The zero-order valence-corrected chi connectivity index (χ0v) is 17.8. The number of benzene rings is 2. The van der Waals surface area contributed by atoms with Crippen molar-refractivity contribution < 1.29 is 14.0 Å². The van der Waals surface area contributed by atoms with Gasteiger partial charge in [0, 0.05) is 0 Å². The van der Waals surface area contributed by atoms with E-state index in [1.165, 1.54) is 10.8 Å². The van der Waals surface area contributed by atoms with Crippen molar-refractivity contribution in [2.45, 2.75) is 18.1 Å². The molecule has 0 aliphatic rings. The van der Waals surface area contributed by atoms with Gasteiger partial charge in [0.25, 0.3) is 5.56 Å². The van der Waals surface area contributed by atoms with Crippen molar-refractivity contribution in [2.75, 3.05) is 5.75 Å². The van der Waals surface area contributed by atoms with Gasteiger partial charge in [0.05, 0.1) is 35.9 Å². The van der Waals surface area contributed by atoms with Gasteiger partial charge in [0.15, 0.2) is 5.16 Å². The lowest BCUT2D eigenvalue weighted by Gasteiger charge is -2.12. The number of carbonyl (C=O) groups excluding carboxylic acids is 2. The second kappa shape index (κ2) is 9.97. The second-order valence-corrected chi connectivity index (χ2v) is 7.87. The Bertz CT molecular complexity index is 1290. The van der Waals surface area contributed by atoms with Crippen LogP contribution in [0, 0.1) is 0 Å². The molecule has 0 aliphatic carbocycles. The molecule has 0 radical (unpaired) electrons. The number of hydrogen-bond acceptors (Lipinski definition) is 6. The third kappa shape index (κ3) is 5.25. The molecule has 0 fully saturated rings. The van der Waals surface area contributed by atoms with E-state index in [9.17, 15) is 14.4 Å². The molecule has 0 saturated heterocycles. The van der Waals surface area contributed by atoms with Crippen LogP contribution in [0.5, 0.6) is 0 Å². The highest BCUT2D eigenvalue weighted by Crippen LogP contribution is 2.19. The Balaban J connectivity index is 1.43. The number of hydrogen-bond donors (Lipinski definition) is 2. The lowest BCUT2D eigenvalue weighted by atomic mass is 10.1. The molecule has 4 rings (SSSR count). The third-order valence-electron chi connectivity index (χ3n) is 4.60. The van der Waals surface area contributed by atoms with E-state index < -0.39 is 5.91 Å². The summed E-state index contributed by atoms with van der Waals surface area (Å²) in [6.07, 6.45) is 1.69. The van der Waals surface area contributed by atoms with Gasteiger partial charge in [-0.3, -0.25) is 29.8 Å². The summed E-state index contributed by atoms with van der Waals surface area (Å²) in [6.45, 7) is 0.196. The van der Waals surface area contributed by atoms with E-state index in [2.05, 4.69) is 15.8 Å². The molecule has 162 valence electrons. The zero-order chi connectivity index (χ0) is 22.3. The first-order chi connectivity index (χ1) is 15.6. The van der Waals surface area contributed by atoms with Crippen LogP contribution in [0.1, 0.15) is 11.3 Å². The van der Waals surface area contributed by atoms with Crippen LogP contribution >= 0.6 is 11.8 Å². The fourth-order valence-electron chi connectivity index (χ4n) is 3.09. The Kier molecular flexibility index (Phi) is 6.66. The minimum Gasteiger partial charge on any atom is -0.467 e. The van der Waals surface area contributed by atoms with Gasteiger partial charge < -0.3 is 4.42 Å². The highest BCUT2D eigenvalue weighted by molar-refractivity contribution is 7.99. The molecule has 0 aliphatic heterocycles. The Morgan fingerprint density at radius 3 is 2.47 bits per heavy atom. The maximum atomic E-state index is 13.0. The number of rotatable bonds is 7. The molecule has 0 unspecified atom stereocenters. The Labute approximate surface area is 187 Å². The molecule has 2 amide bonds. The average Bonchev–Trinajstić information content (AvgIpc) is 3.32. The third-order valence-corrected chi connectivity index (χ3v) is 5.58. The summed E-state index contributed by atoms with van der Waals surface area (Å²) in [5, 5.41) is 0.872. The predicted octanol–water partition coefficient (Wildman–Crippen LogP) is 2.52. The van der Waals surface area contributed by atoms with E-state index >= 15 is 0 Å². The highest BCUT2D eigenvalue weighted by atomic mass is 32.2.